The molecule has 3 saturated heterocycles. The van der Waals surface area contributed by atoms with Gasteiger partial charge in [-0.2, -0.15) is 0 Å². The van der Waals surface area contributed by atoms with Crippen molar-refractivity contribution in [2.24, 2.45) is 0 Å². The smallest absolute Gasteiger partial charge is 0.327 e. The minimum atomic E-state index is -1.55. The molecule has 5 nitrogen and oxygen atoms in total. The molecule has 0 aromatic rings. The molecule has 124 valence electrons. The number of hydrogen-bond acceptors (Lipinski definition) is 4. The van der Waals surface area contributed by atoms with E-state index in [0.717, 1.165) is 0 Å². The Hall–Kier alpha value is -0.316. The lowest BCUT2D eigenvalue weighted by atomic mass is 9.96. The summed E-state index contributed by atoms with van der Waals surface area (Å²) in [7, 11) is -3.10. The van der Waals surface area contributed by atoms with Crippen LogP contribution in [0.2, 0.25) is 38.3 Å². The summed E-state index contributed by atoms with van der Waals surface area (Å²) in [6, 6.07) is 1.76. The number of carboxylic acid groups (broad SMARTS) is 1. The first-order valence-electron chi connectivity index (χ1n) is 7.92. The minimum Gasteiger partial charge on any atom is -0.480 e. The number of carbonyl (C=O) groups excluding carboxylic acids is 1. The molecule has 3 aliphatic rings. The fraction of sp³-hybridized carbons (Fsp3) is 0.857. The number of carbonyl (C=O) groups is 2. The summed E-state index contributed by atoms with van der Waals surface area (Å²) < 4.78 is 2.20. The van der Waals surface area contributed by atoms with Gasteiger partial charge in [0.25, 0.3) is 0 Å². The van der Waals surface area contributed by atoms with Crippen molar-refractivity contribution in [2.75, 3.05) is 0 Å². The molecule has 0 aromatic carbocycles. The van der Waals surface area contributed by atoms with Crippen LogP contribution in [0.4, 0.5) is 0 Å². The maximum atomic E-state index is 12.9. The molecule has 3 atom stereocenters. The summed E-state index contributed by atoms with van der Waals surface area (Å²) in [5, 5.41) is 9.57. The highest BCUT2D eigenvalue weighted by Gasteiger charge is 2.68. The first-order valence-corrected chi connectivity index (χ1v) is 15.1. The molecule has 3 heterocycles. The summed E-state index contributed by atoms with van der Waals surface area (Å²) in [6.45, 7) is 13.4. The molecule has 0 aliphatic carbocycles. The Morgan fingerprint density at radius 1 is 1.23 bits per heavy atom. The van der Waals surface area contributed by atoms with Crippen molar-refractivity contribution in [1.82, 2.24) is 9.13 Å². The van der Waals surface area contributed by atoms with Gasteiger partial charge in [0.1, 0.15) is 33.9 Å². The number of rotatable bonds is 2. The Morgan fingerprint density at radius 2 is 1.73 bits per heavy atom. The quantitative estimate of drug-likeness (QED) is 0.606. The predicted molar refractivity (Wildman–Crippen MR) is 93.9 cm³/mol. The van der Waals surface area contributed by atoms with E-state index in [4.69, 9.17) is 0 Å². The molecule has 1 amide bonds. The van der Waals surface area contributed by atoms with Crippen LogP contribution in [-0.2, 0) is 9.59 Å². The summed E-state index contributed by atoms with van der Waals surface area (Å²) in [6.07, 6.45) is 0. The van der Waals surface area contributed by atoms with Gasteiger partial charge in [0.15, 0.2) is 0 Å². The second-order valence-corrected chi connectivity index (χ2v) is 20.0. The first kappa shape index (κ1) is 16.5. The van der Waals surface area contributed by atoms with Crippen molar-refractivity contribution in [3.8, 4) is 0 Å². The maximum absolute atomic E-state index is 12.9. The van der Waals surface area contributed by atoms with Crippen molar-refractivity contribution in [3.05, 3.63) is 0 Å². The van der Waals surface area contributed by atoms with Crippen LogP contribution in [0.25, 0.3) is 0 Å². The van der Waals surface area contributed by atoms with Crippen LogP contribution in [0, 0.1) is 0 Å². The average molecular weight is 359 g/mol. The molecule has 0 unspecified atom stereocenters. The van der Waals surface area contributed by atoms with E-state index in [1.165, 1.54) is 12.1 Å². The molecule has 3 rings (SSSR count). The second-order valence-electron chi connectivity index (χ2n) is 8.54. The summed E-state index contributed by atoms with van der Waals surface area (Å²) >= 11 is 1.68. The molecule has 8 heteroatoms. The van der Waals surface area contributed by atoms with Crippen molar-refractivity contribution >= 4 is 40.1 Å². The minimum absolute atomic E-state index is 0.0280. The Kier molecular flexibility index (Phi) is 3.47. The molecule has 0 spiro atoms. The van der Waals surface area contributed by atoms with Gasteiger partial charge in [-0.05, 0) is 25.9 Å². The number of aliphatic carboxylic acids is 1. The molecule has 3 aliphatic heterocycles. The molecule has 0 saturated carbocycles. The van der Waals surface area contributed by atoms with Gasteiger partial charge in [-0.25, -0.2) is 4.79 Å². The third-order valence-electron chi connectivity index (χ3n) is 5.58. The fourth-order valence-electron chi connectivity index (χ4n) is 4.66. The SMILES string of the molecule is CC1(C)S[C@@H]2[C@H](N3[Si](C)(C)CC[Si]3(C)C)C(=O)N2[C@H]1C(=O)O. The molecule has 22 heavy (non-hydrogen) atoms. The predicted octanol–water partition coefficient (Wildman–Crippen LogP) is 2.23. The van der Waals surface area contributed by atoms with Gasteiger partial charge in [0.05, 0.1) is 0 Å². The van der Waals surface area contributed by atoms with E-state index in [-0.39, 0.29) is 17.3 Å². The molecule has 3 fully saturated rings. The van der Waals surface area contributed by atoms with E-state index in [1.54, 1.807) is 16.7 Å². The number of hydrogen-bond donors (Lipinski definition) is 1. The van der Waals surface area contributed by atoms with Gasteiger partial charge >= 0.3 is 5.97 Å². The topological polar surface area (TPSA) is 60.9 Å². The lowest BCUT2D eigenvalue weighted by Crippen LogP contribution is -2.76. The number of carboxylic acids is 1. The third-order valence-corrected chi connectivity index (χ3v) is 17.4. The van der Waals surface area contributed by atoms with Crippen molar-refractivity contribution in [1.29, 1.82) is 0 Å². The van der Waals surface area contributed by atoms with E-state index in [9.17, 15) is 14.7 Å². The van der Waals surface area contributed by atoms with E-state index >= 15 is 0 Å². The van der Waals surface area contributed by atoms with Gasteiger partial charge in [0.2, 0.25) is 5.91 Å². The standard InChI is InChI=1S/C14H26N2O3SSi2/c1-14(2)10(13(18)19)15-11(17)9(12(15)20-14)16-21(3,4)7-8-22(16,5)6/h9-10,12H,7-8H2,1-6H3,(H,18,19)/t9-,10+,12-/m1/s1. The highest BCUT2D eigenvalue weighted by Crippen LogP contribution is 2.54. The molecular weight excluding hydrogens is 332 g/mol. The van der Waals surface area contributed by atoms with Crippen molar-refractivity contribution < 1.29 is 14.7 Å². The van der Waals surface area contributed by atoms with Gasteiger partial charge in [0, 0.05) is 4.75 Å². The molecule has 0 radical (unpaired) electrons. The van der Waals surface area contributed by atoms with Crippen LogP contribution in [0.15, 0.2) is 0 Å². The van der Waals surface area contributed by atoms with Gasteiger partial charge in [-0.1, -0.05) is 26.2 Å². The number of nitrogens with zero attached hydrogens (tertiary/aromatic N) is 2. The molecular formula is C14H26N2O3SSi2. The Balaban J connectivity index is 1.94. The number of amides is 1. The Labute approximate surface area is 138 Å². The highest BCUT2D eigenvalue weighted by molar-refractivity contribution is 8.01. The summed E-state index contributed by atoms with van der Waals surface area (Å²) in [5.41, 5.74) is 0. The van der Waals surface area contributed by atoms with E-state index in [0.29, 0.717) is 0 Å². The number of β-lactam (4-membered cyclic amide) rings is 1. The number of thioether (sulfide) groups is 1. The van der Waals surface area contributed by atoms with Crippen molar-refractivity contribution in [2.45, 2.75) is 74.3 Å². The zero-order valence-electron chi connectivity index (χ0n) is 14.2. The molecule has 1 N–H and O–H groups in total. The van der Waals surface area contributed by atoms with Gasteiger partial charge in [-0.3, -0.25) is 4.79 Å². The molecule has 0 aromatic heterocycles. The van der Waals surface area contributed by atoms with Crippen LogP contribution in [-0.4, -0.2) is 64.8 Å². The molecule has 0 bridgehead atoms. The van der Waals surface area contributed by atoms with Crippen LogP contribution >= 0.6 is 11.8 Å². The lowest BCUT2D eigenvalue weighted by molar-refractivity contribution is -0.161. The largest absolute Gasteiger partial charge is 0.480 e. The van der Waals surface area contributed by atoms with Crippen molar-refractivity contribution in [3.63, 3.8) is 0 Å². The average Bonchev–Trinajstić information content (AvgIpc) is 2.73. The van der Waals surface area contributed by atoms with Crippen LogP contribution in [0.5, 0.6) is 0 Å². The Morgan fingerprint density at radius 3 is 2.18 bits per heavy atom. The maximum Gasteiger partial charge on any atom is 0.327 e. The third kappa shape index (κ3) is 2.07. The van der Waals surface area contributed by atoms with Crippen LogP contribution in [0.3, 0.4) is 0 Å². The normalized spacial score (nSPS) is 38.7. The Bertz CT molecular complexity index is 536. The lowest BCUT2D eigenvalue weighted by Gasteiger charge is -2.54. The summed E-state index contributed by atoms with van der Waals surface area (Å²) in [4.78, 5) is 26.1. The first-order chi connectivity index (χ1) is 9.90. The van der Waals surface area contributed by atoms with Crippen LogP contribution in [0.1, 0.15) is 13.8 Å². The van der Waals surface area contributed by atoms with E-state index in [1.807, 2.05) is 13.8 Å². The van der Waals surface area contributed by atoms with Gasteiger partial charge < -0.3 is 14.2 Å². The highest BCUT2D eigenvalue weighted by atomic mass is 32.2. The zero-order valence-corrected chi connectivity index (χ0v) is 17.0. The monoisotopic (exact) mass is 358 g/mol. The number of fused-ring (bicyclic) bond motifs is 1. The van der Waals surface area contributed by atoms with Crippen LogP contribution < -0.4 is 0 Å². The van der Waals surface area contributed by atoms with Gasteiger partial charge in [-0.15, -0.1) is 11.8 Å². The van der Waals surface area contributed by atoms with E-state index < -0.39 is 33.2 Å². The van der Waals surface area contributed by atoms with E-state index in [2.05, 4.69) is 30.4 Å². The second kappa shape index (κ2) is 4.61. The fourth-order valence-corrected chi connectivity index (χ4v) is 21.2. The summed E-state index contributed by atoms with van der Waals surface area (Å²) in [5.74, 6) is -0.820. The zero-order chi connectivity index (χ0) is 16.7.